The lowest BCUT2D eigenvalue weighted by atomic mass is 9.72. The van der Waals surface area contributed by atoms with Gasteiger partial charge in [0.25, 0.3) is 0 Å². The minimum atomic E-state index is -4.15. The lowest BCUT2D eigenvalue weighted by Crippen LogP contribution is -2.36. The smallest absolute Gasteiger partial charge is 0.171 e. The maximum absolute atomic E-state index is 12.6. The lowest BCUT2D eigenvalue weighted by molar-refractivity contribution is -0.219. The summed E-state index contributed by atoms with van der Waals surface area (Å²) in [5.74, 6) is 0. The number of hydrogen-bond acceptors (Lipinski definition) is 0. The molecule has 1 unspecified atom stereocenters. The van der Waals surface area contributed by atoms with Crippen molar-refractivity contribution in [2.45, 2.75) is 46.7 Å². The van der Waals surface area contributed by atoms with Crippen molar-refractivity contribution in [1.29, 1.82) is 0 Å². The molecule has 0 saturated heterocycles. The maximum atomic E-state index is 12.6. The third kappa shape index (κ3) is 3.03. The highest BCUT2D eigenvalue weighted by Gasteiger charge is 2.49. The summed E-state index contributed by atoms with van der Waals surface area (Å²) in [5, 5.41) is 0. The number of halogens is 3. The predicted molar refractivity (Wildman–Crippen MR) is 53.0 cm³/mol. The maximum Gasteiger partial charge on any atom is 0.394 e. The topological polar surface area (TPSA) is 0 Å². The first-order chi connectivity index (χ1) is 6.08. The van der Waals surface area contributed by atoms with Crippen LogP contribution in [0.4, 0.5) is 13.2 Å². The molecular formula is C11H19F3. The molecule has 14 heavy (non-hydrogen) atoms. The van der Waals surface area contributed by atoms with Crippen LogP contribution in [0.2, 0.25) is 0 Å². The van der Waals surface area contributed by atoms with Gasteiger partial charge in [-0.05, 0) is 18.3 Å². The Hall–Kier alpha value is -0.470. The van der Waals surface area contributed by atoms with Gasteiger partial charge in [0.2, 0.25) is 0 Å². The highest BCUT2D eigenvalue weighted by atomic mass is 19.4. The average Bonchev–Trinajstić information content (AvgIpc) is 2.01. The number of allylic oxidation sites excluding steroid dienone is 1. The average molecular weight is 208 g/mol. The summed E-state index contributed by atoms with van der Waals surface area (Å²) in [6.45, 7) is 9.78. The Labute approximate surface area is 84.2 Å². The normalized spacial score (nSPS) is 17.6. The van der Waals surface area contributed by atoms with Crippen LogP contribution in [-0.2, 0) is 0 Å². The van der Waals surface area contributed by atoms with Gasteiger partial charge in [-0.25, -0.2) is 0 Å². The molecule has 0 aliphatic carbocycles. The Morgan fingerprint density at radius 1 is 1.14 bits per heavy atom. The van der Waals surface area contributed by atoms with Crippen LogP contribution < -0.4 is 0 Å². The van der Waals surface area contributed by atoms with Crippen molar-refractivity contribution in [3.8, 4) is 0 Å². The zero-order valence-corrected chi connectivity index (χ0v) is 9.33. The summed E-state index contributed by atoms with van der Waals surface area (Å²) in [7, 11) is 0. The zero-order valence-electron chi connectivity index (χ0n) is 9.33. The minimum Gasteiger partial charge on any atom is -0.171 e. The van der Waals surface area contributed by atoms with Gasteiger partial charge in [-0.15, -0.1) is 6.58 Å². The summed E-state index contributed by atoms with van der Waals surface area (Å²) < 4.78 is 37.8. The van der Waals surface area contributed by atoms with E-state index in [1.54, 1.807) is 6.08 Å². The van der Waals surface area contributed by atoms with Crippen molar-refractivity contribution in [2.75, 3.05) is 0 Å². The first kappa shape index (κ1) is 13.5. The molecule has 0 nitrogen and oxygen atoms in total. The first-order valence-corrected chi connectivity index (χ1v) is 4.78. The van der Waals surface area contributed by atoms with E-state index in [9.17, 15) is 13.2 Å². The molecule has 0 aromatic carbocycles. The van der Waals surface area contributed by atoms with Crippen LogP contribution in [0.15, 0.2) is 12.7 Å². The van der Waals surface area contributed by atoms with Crippen LogP contribution in [0, 0.1) is 10.8 Å². The molecule has 0 N–H and O–H groups in total. The number of alkyl halides is 3. The molecule has 84 valence electrons. The van der Waals surface area contributed by atoms with Crippen molar-refractivity contribution in [3.05, 3.63) is 12.7 Å². The molecule has 0 saturated carbocycles. The van der Waals surface area contributed by atoms with E-state index < -0.39 is 17.0 Å². The van der Waals surface area contributed by atoms with Crippen molar-refractivity contribution in [1.82, 2.24) is 0 Å². The van der Waals surface area contributed by atoms with Crippen LogP contribution in [0.25, 0.3) is 0 Å². The van der Waals surface area contributed by atoms with Crippen LogP contribution in [-0.4, -0.2) is 6.18 Å². The fraction of sp³-hybridized carbons (Fsp3) is 0.818. The Kier molecular flexibility index (Phi) is 3.82. The van der Waals surface area contributed by atoms with E-state index in [4.69, 9.17) is 0 Å². The SMILES string of the molecule is C=CC(C)(CC)CC(C)(C)C(F)(F)F. The van der Waals surface area contributed by atoms with Crippen molar-refractivity contribution >= 4 is 0 Å². The Morgan fingerprint density at radius 2 is 1.57 bits per heavy atom. The second kappa shape index (κ2) is 3.95. The van der Waals surface area contributed by atoms with Gasteiger partial charge >= 0.3 is 6.18 Å². The fourth-order valence-corrected chi connectivity index (χ4v) is 1.45. The molecule has 0 heterocycles. The molecule has 3 heteroatoms. The van der Waals surface area contributed by atoms with E-state index >= 15 is 0 Å². The molecule has 0 amide bonds. The monoisotopic (exact) mass is 208 g/mol. The summed E-state index contributed by atoms with van der Waals surface area (Å²) in [5.41, 5.74) is -2.08. The van der Waals surface area contributed by atoms with Gasteiger partial charge in [0, 0.05) is 0 Å². The third-order valence-electron chi connectivity index (χ3n) is 2.91. The van der Waals surface area contributed by atoms with Gasteiger partial charge in [0.05, 0.1) is 5.41 Å². The molecule has 0 aromatic rings. The van der Waals surface area contributed by atoms with Crippen molar-refractivity contribution in [3.63, 3.8) is 0 Å². The third-order valence-corrected chi connectivity index (χ3v) is 2.91. The zero-order chi connectivity index (χ0) is 11.6. The molecule has 0 rings (SSSR count). The van der Waals surface area contributed by atoms with E-state index in [2.05, 4.69) is 6.58 Å². The first-order valence-electron chi connectivity index (χ1n) is 4.78. The summed E-state index contributed by atoms with van der Waals surface area (Å²) in [4.78, 5) is 0. The second-order valence-electron chi connectivity index (χ2n) is 4.77. The summed E-state index contributed by atoms with van der Waals surface area (Å²) in [6, 6.07) is 0. The summed E-state index contributed by atoms with van der Waals surface area (Å²) >= 11 is 0. The molecular weight excluding hydrogens is 189 g/mol. The predicted octanol–water partition coefficient (Wildman–Crippen LogP) is 4.57. The molecule has 0 radical (unpaired) electrons. The van der Waals surface area contributed by atoms with E-state index in [1.165, 1.54) is 13.8 Å². The van der Waals surface area contributed by atoms with Gasteiger partial charge in [0.15, 0.2) is 0 Å². The lowest BCUT2D eigenvalue weighted by Gasteiger charge is -2.36. The van der Waals surface area contributed by atoms with E-state index in [0.717, 1.165) is 0 Å². The molecule has 1 atom stereocenters. The molecule has 0 fully saturated rings. The highest BCUT2D eigenvalue weighted by Crippen LogP contribution is 2.47. The standard InChI is InChI=1S/C11H19F3/c1-6-10(5,7-2)8-9(3,4)11(12,13)14/h6H,1,7-8H2,2-5H3. The Bertz CT molecular complexity index is 203. The van der Waals surface area contributed by atoms with Crippen molar-refractivity contribution in [2.24, 2.45) is 10.8 Å². The number of hydrogen-bond donors (Lipinski definition) is 0. The minimum absolute atomic E-state index is 0.0868. The van der Waals surface area contributed by atoms with Gasteiger partial charge in [-0.3, -0.25) is 0 Å². The molecule has 0 spiro atoms. The number of rotatable bonds is 4. The Balaban J connectivity index is 4.73. The van der Waals surface area contributed by atoms with Crippen LogP contribution >= 0.6 is 0 Å². The largest absolute Gasteiger partial charge is 0.394 e. The van der Waals surface area contributed by atoms with Crippen LogP contribution in [0.3, 0.4) is 0 Å². The van der Waals surface area contributed by atoms with Gasteiger partial charge in [-0.1, -0.05) is 33.8 Å². The molecule has 0 aliphatic rings. The second-order valence-corrected chi connectivity index (χ2v) is 4.77. The molecule has 0 aromatic heterocycles. The van der Waals surface area contributed by atoms with E-state index in [-0.39, 0.29) is 6.42 Å². The quantitative estimate of drug-likeness (QED) is 0.594. The highest BCUT2D eigenvalue weighted by molar-refractivity contribution is 4.95. The Morgan fingerprint density at radius 3 is 1.79 bits per heavy atom. The van der Waals surface area contributed by atoms with Gasteiger partial charge < -0.3 is 0 Å². The van der Waals surface area contributed by atoms with Gasteiger partial charge in [-0.2, -0.15) is 13.2 Å². The van der Waals surface area contributed by atoms with E-state index in [0.29, 0.717) is 6.42 Å². The van der Waals surface area contributed by atoms with Crippen molar-refractivity contribution < 1.29 is 13.2 Å². The van der Waals surface area contributed by atoms with E-state index in [1.807, 2.05) is 13.8 Å². The molecule has 0 aliphatic heterocycles. The molecule has 0 bridgehead atoms. The van der Waals surface area contributed by atoms with Crippen LogP contribution in [0.5, 0.6) is 0 Å². The fourth-order valence-electron chi connectivity index (χ4n) is 1.45. The van der Waals surface area contributed by atoms with Crippen LogP contribution in [0.1, 0.15) is 40.5 Å². The van der Waals surface area contributed by atoms with Gasteiger partial charge in [0.1, 0.15) is 0 Å². The summed E-state index contributed by atoms with van der Waals surface area (Å²) in [6.07, 6.45) is -1.76.